The number of fused-ring (bicyclic) bond motifs is 1. The smallest absolute Gasteiger partial charge is 0.194 e. The third kappa shape index (κ3) is 7.22. The minimum atomic E-state index is -0.615. The van der Waals surface area contributed by atoms with Crippen LogP contribution in [0.1, 0.15) is 30.9 Å². The van der Waals surface area contributed by atoms with E-state index in [-0.39, 0.29) is 91.4 Å². The van der Waals surface area contributed by atoms with Crippen molar-refractivity contribution in [3.8, 4) is 28.7 Å². The van der Waals surface area contributed by atoms with E-state index in [9.17, 15) is 19.8 Å². The summed E-state index contributed by atoms with van der Waals surface area (Å²) in [6.45, 7) is 6.33. The Morgan fingerprint density at radius 1 is 0.679 bits per heavy atom. The van der Waals surface area contributed by atoms with E-state index in [1.165, 1.54) is 33.5 Å². The van der Waals surface area contributed by atoms with Crippen molar-refractivity contribution in [2.45, 2.75) is 19.8 Å². The maximum Gasteiger partial charge on any atom is 0.194 e. The molecule has 0 radical (unpaired) electrons. The highest BCUT2D eigenvalue weighted by molar-refractivity contribution is 6.40. The highest BCUT2D eigenvalue weighted by atomic mass is 16.5. The van der Waals surface area contributed by atoms with Crippen LogP contribution in [-0.2, 0) is 18.9 Å². The molecule has 0 spiro atoms. The average Bonchev–Trinajstić information content (AvgIpc) is 3.31. The summed E-state index contributed by atoms with van der Waals surface area (Å²) in [7, 11) is 4.29. The van der Waals surface area contributed by atoms with E-state index in [2.05, 4.69) is 5.32 Å². The van der Waals surface area contributed by atoms with Crippen molar-refractivity contribution in [2.24, 2.45) is 4.99 Å². The summed E-state index contributed by atoms with van der Waals surface area (Å²) < 4.78 is 39.6. The number of aliphatic imine (C=N–C) groups is 1. The third-order valence-electron chi connectivity index (χ3n) is 10.0. The number of hydrogen-bond donors (Lipinski definition) is 5. The first-order valence-electron chi connectivity index (χ1n) is 18.4. The van der Waals surface area contributed by atoms with Crippen molar-refractivity contribution in [3.63, 3.8) is 0 Å². The molecule has 300 valence electrons. The molecule has 0 bridgehead atoms. The summed E-state index contributed by atoms with van der Waals surface area (Å²) >= 11 is 0. The molecule has 0 heterocycles. The summed E-state index contributed by atoms with van der Waals surface area (Å²) in [5, 5.41) is 48.0. The van der Waals surface area contributed by atoms with E-state index in [1.54, 1.807) is 0 Å². The zero-order valence-corrected chi connectivity index (χ0v) is 32.2. The number of rotatable bonds is 21. The molecule has 1 aliphatic rings. The molecule has 1 atom stereocenters. The molecule has 15 nitrogen and oxygen atoms in total. The lowest BCUT2D eigenvalue weighted by molar-refractivity contribution is 0.0355. The van der Waals surface area contributed by atoms with Gasteiger partial charge in [-0.15, -0.1) is 0 Å². The fourth-order valence-electron chi connectivity index (χ4n) is 7.86. The number of aliphatic hydroxyl groups excluding tert-OH is 2. The number of phenols is 2. The lowest BCUT2D eigenvalue weighted by Gasteiger charge is -2.26. The molecule has 0 aliphatic heterocycles. The number of nitrogens with one attached hydrogen (secondary N) is 1. The van der Waals surface area contributed by atoms with Crippen molar-refractivity contribution in [1.82, 2.24) is 0 Å². The van der Waals surface area contributed by atoms with Crippen LogP contribution in [0.2, 0.25) is 0 Å². The van der Waals surface area contributed by atoms with E-state index >= 15 is 0 Å². The molecule has 0 saturated heterocycles. The maximum absolute atomic E-state index is 14.1. The van der Waals surface area contributed by atoms with Crippen LogP contribution in [-0.4, -0.2) is 127 Å². The number of methoxy groups -OCH3 is 3. The number of ether oxygens (including phenoxy) is 7. The molecule has 5 aromatic rings. The van der Waals surface area contributed by atoms with Gasteiger partial charge < -0.3 is 58.9 Å². The second-order valence-corrected chi connectivity index (χ2v) is 13.3. The van der Waals surface area contributed by atoms with E-state index in [0.29, 0.717) is 82.1 Å². The topological polar surface area (TPSA) is 204 Å². The molecule has 0 saturated carbocycles. The van der Waals surface area contributed by atoms with Gasteiger partial charge in [0.15, 0.2) is 28.1 Å². The SMILES string of the molecule is COc1c(O)c2c(=O)cc(OC)c3c4c(OC)cc(=O)c5c(O)c(NCCOCCOCCO)c6c(c(c1C(C(C)=NCCOCCOCCO)C(C)=C6)c23)c54. The fraction of sp³-hybridized carbons (Fsp3) is 0.439. The minimum absolute atomic E-state index is 0.00137. The maximum atomic E-state index is 14.1. The molecule has 6 rings (SSSR count). The molecule has 0 fully saturated rings. The first kappa shape index (κ1) is 40.6. The van der Waals surface area contributed by atoms with Gasteiger partial charge in [0.2, 0.25) is 0 Å². The quantitative estimate of drug-likeness (QED) is 0.0237. The monoisotopic (exact) mass is 776 g/mol. The van der Waals surface area contributed by atoms with Crippen LogP contribution in [0.3, 0.4) is 0 Å². The molecule has 5 N–H and O–H groups in total. The van der Waals surface area contributed by atoms with Crippen molar-refractivity contribution in [3.05, 3.63) is 49.3 Å². The van der Waals surface area contributed by atoms with Gasteiger partial charge in [0.05, 0.1) is 110 Å². The summed E-state index contributed by atoms with van der Waals surface area (Å²) in [4.78, 5) is 33.0. The van der Waals surface area contributed by atoms with Gasteiger partial charge in [-0.25, -0.2) is 0 Å². The largest absolute Gasteiger partial charge is 0.505 e. The highest BCUT2D eigenvalue weighted by Crippen LogP contribution is 2.58. The predicted molar refractivity (Wildman–Crippen MR) is 215 cm³/mol. The summed E-state index contributed by atoms with van der Waals surface area (Å²) in [5.41, 5.74) is 1.74. The second kappa shape index (κ2) is 17.8. The molecular weight excluding hydrogens is 728 g/mol. The Balaban J connectivity index is 1.66. The number of phenolic OH excluding ortho intramolecular Hbond substituents is 2. The van der Waals surface area contributed by atoms with Crippen LogP contribution < -0.4 is 30.4 Å². The normalized spacial score (nSPS) is 14.4. The number of nitrogens with zero attached hydrogens (tertiary/aromatic N) is 1. The Labute approximate surface area is 322 Å². The molecule has 5 aromatic carbocycles. The van der Waals surface area contributed by atoms with Crippen molar-refractivity contribution in [2.75, 3.05) is 106 Å². The van der Waals surface area contributed by atoms with Gasteiger partial charge in [-0.3, -0.25) is 14.6 Å². The molecule has 1 unspecified atom stereocenters. The zero-order chi connectivity index (χ0) is 40.1. The first-order valence-corrected chi connectivity index (χ1v) is 18.4. The number of aliphatic hydroxyl groups is 2. The van der Waals surface area contributed by atoms with Gasteiger partial charge >= 0.3 is 0 Å². The Bertz CT molecular complexity index is 2390. The summed E-state index contributed by atoms with van der Waals surface area (Å²) in [6.07, 6.45) is 1.92. The molecular formula is C41H48N2O13. The number of anilines is 1. The van der Waals surface area contributed by atoms with E-state index < -0.39 is 16.8 Å². The predicted octanol–water partition coefficient (Wildman–Crippen LogP) is 3.76. The zero-order valence-electron chi connectivity index (χ0n) is 32.2. The number of benzene rings is 5. The van der Waals surface area contributed by atoms with Crippen LogP contribution in [0.25, 0.3) is 49.2 Å². The van der Waals surface area contributed by atoms with E-state index in [1.807, 2.05) is 19.9 Å². The Morgan fingerprint density at radius 2 is 1.21 bits per heavy atom. The fourth-order valence-corrected chi connectivity index (χ4v) is 7.86. The Kier molecular flexibility index (Phi) is 12.9. The summed E-state index contributed by atoms with van der Waals surface area (Å²) in [5.74, 6) is -0.791. The number of hydrogen-bond acceptors (Lipinski definition) is 15. The van der Waals surface area contributed by atoms with Crippen LogP contribution in [0, 0.1) is 0 Å². The lowest BCUT2D eigenvalue weighted by atomic mass is 9.80. The summed E-state index contributed by atoms with van der Waals surface area (Å²) in [6, 6.07) is 2.59. The van der Waals surface area contributed by atoms with Crippen LogP contribution in [0.4, 0.5) is 5.69 Å². The van der Waals surface area contributed by atoms with Gasteiger partial charge in [-0.05, 0) is 19.2 Å². The standard InChI is InChI=1S/C41H48N2O13/c1-21-18-23-29-34-30(39(48)38(23)43-7-11-54-15-17-56-13-9-45)24(46)19-26(50-3)32(34)33-27(51-4)20-25(47)31-36(33)35(29)37(41(52-5)40(31)49)28(21)22(2)42-6-10-53-14-16-55-12-8-44/h18-20,28,43-45,48-49H,6-17H2,1-5H3. The van der Waals surface area contributed by atoms with Crippen molar-refractivity contribution >= 4 is 60.6 Å². The van der Waals surface area contributed by atoms with Gasteiger partial charge in [0.1, 0.15) is 11.5 Å². The van der Waals surface area contributed by atoms with Gasteiger partial charge in [-0.2, -0.15) is 0 Å². The molecule has 0 amide bonds. The molecule has 1 aliphatic carbocycles. The van der Waals surface area contributed by atoms with Gasteiger partial charge in [0, 0.05) is 68.4 Å². The van der Waals surface area contributed by atoms with Crippen molar-refractivity contribution in [1.29, 1.82) is 0 Å². The number of allylic oxidation sites excluding steroid dienone is 1. The average molecular weight is 777 g/mol. The van der Waals surface area contributed by atoms with Gasteiger partial charge in [0.25, 0.3) is 0 Å². The Morgan fingerprint density at radius 3 is 1.77 bits per heavy atom. The first-order chi connectivity index (χ1) is 27.2. The van der Waals surface area contributed by atoms with E-state index in [4.69, 9.17) is 48.4 Å². The lowest BCUT2D eigenvalue weighted by Crippen LogP contribution is -2.16. The number of aromatic hydroxyl groups is 2. The Hall–Kier alpha value is -5.03. The van der Waals surface area contributed by atoms with Gasteiger partial charge in [-0.1, -0.05) is 11.6 Å². The van der Waals surface area contributed by atoms with E-state index in [0.717, 1.165) is 5.57 Å². The molecule has 15 heteroatoms. The molecule has 56 heavy (non-hydrogen) atoms. The highest BCUT2D eigenvalue weighted by Gasteiger charge is 2.37. The molecule has 0 aromatic heterocycles. The third-order valence-corrected chi connectivity index (χ3v) is 10.0. The second-order valence-electron chi connectivity index (χ2n) is 13.3. The minimum Gasteiger partial charge on any atom is -0.505 e. The van der Waals surface area contributed by atoms with Crippen molar-refractivity contribution < 1.29 is 53.6 Å². The van der Waals surface area contributed by atoms with Crippen LogP contribution >= 0.6 is 0 Å². The van der Waals surface area contributed by atoms with Crippen LogP contribution in [0.15, 0.2) is 32.3 Å². The van der Waals surface area contributed by atoms with Crippen LogP contribution in [0.5, 0.6) is 28.7 Å².